The third-order valence-corrected chi connectivity index (χ3v) is 3.82. The molecule has 5 nitrogen and oxygen atoms in total. The maximum absolute atomic E-state index is 12.3. The van der Waals surface area contributed by atoms with E-state index >= 15 is 0 Å². The molecule has 21 heavy (non-hydrogen) atoms. The highest BCUT2D eigenvalue weighted by molar-refractivity contribution is 5.95. The lowest BCUT2D eigenvalue weighted by atomic mass is 9.95. The number of carbonyl (C=O) groups is 1. The first-order chi connectivity index (χ1) is 9.89. The normalized spacial score (nSPS) is 21.3. The molecule has 0 bridgehead atoms. The van der Waals surface area contributed by atoms with Gasteiger partial charge in [0, 0.05) is 12.7 Å². The fourth-order valence-corrected chi connectivity index (χ4v) is 2.74. The summed E-state index contributed by atoms with van der Waals surface area (Å²) in [4.78, 5) is 20.5. The molecule has 1 amide bonds. The van der Waals surface area contributed by atoms with Crippen LogP contribution in [-0.2, 0) is 4.74 Å². The smallest absolute Gasteiger partial charge is 0.254 e. The lowest BCUT2D eigenvalue weighted by molar-refractivity contribution is -0.104. The Morgan fingerprint density at radius 2 is 2.29 bits per heavy atom. The van der Waals surface area contributed by atoms with E-state index in [9.17, 15) is 4.79 Å². The molecule has 1 aromatic heterocycles. The monoisotopic (exact) mass is 291 g/mol. The molecule has 0 aromatic carbocycles. The van der Waals surface area contributed by atoms with Crippen LogP contribution >= 0.6 is 0 Å². The van der Waals surface area contributed by atoms with Crippen LogP contribution in [0.4, 0.5) is 0 Å². The first-order valence-corrected chi connectivity index (χ1v) is 7.65. The molecule has 1 aromatic rings. The Kier molecular flexibility index (Phi) is 4.93. The average Bonchev–Trinajstić information content (AvgIpc) is 2.43. The van der Waals surface area contributed by atoms with E-state index in [1.165, 1.54) is 6.33 Å². The van der Waals surface area contributed by atoms with Gasteiger partial charge in [-0.05, 0) is 39.0 Å². The average molecular weight is 291 g/mol. The summed E-state index contributed by atoms with van der Waals surface area (Å²) < 4.78 is 5.99. The quantitative estimate of drug-likeness (QED) is 0.926. The third kappa shape index (κ3) is 4.24. The van der Waals surface area contributed by atoms with Crippen molar-refractivity contribution in [1.29, 1.82) is 0 Å². The SMILES string of the molecule is CC(C)c1ncncc1C(=O)NCC1CCCC(C)(C)O1. The van der Waals surface area contributed by atoms with E-state index in [2.05, 4.69) is 29.1 Å². The van der Waals surface area contributed by atoms with Crippen LogP contribution in [0.15, 0.2) is 12.5 Å². The minimum Gasteiger partial charge on any atom is -0.371 e. The Morgan fingerprint density at radius 1 is 1.52 bits per heavy atom. The van der Waals surface area contributed by atoms with Gasteiger partial charge < -0.3 is 10.1 Å². The van der Waals surface area contributed by atoms with Gasteiger partial charge in [0.15, 0.2) is 0 Å². The van der Waals surface area contributed by atoms with Crippen LogP contribution in [0.25, 0.3) is 0 Å². The van der Waals surface area contributed by atoms with E-state index in [0.29, 0.717) is 12.1 Å². The molecule has 1 aliphatic heterocycles. The van der Waals surface area contributed by atoms with Crippen molar-refractivity contribution < 1.29 is 9.53 Å². The van der Waals surface area contributed by atoms with E-state index < -0.39 is 0 Å². The van der Waals surface area contributed by atoms with Crippen molar-refractivity contribution in [1.82, 2.24) is 15.3 Å². The molecule has 116 valence electrons. The Balaban J connectivity index is 1.96. The number of nitrogens with one attached hydrogen (secondary N) is 1. The second-order valence-corrected chi connectivity index (χ2v) is 6.58. The predicted molar refractivity (Wildman–Crippen MR) is 81.3 cm³/mol. The summed E-state index contributed by atoms with van der Waals surface area (Å²) in [5.41, 5.74) is 1.25. The number of amides is 1. The van der Waals surface area contributed by atoms with Crippen LogP contribution in [0.3, 0.4) is 0 Å². The summed E-state index contributed by atoms with van der Waals surface area (Å²) in [7, 11) is 0. The zero-order chi connectivity index (χ0) is 15.5. The molecule has 2 heterocycles. The van der Waals surface area contributed by atoms with Gasteiger partial charge in [-0.1, -0.05) is 13.8 Å². The van der Waals surface area contributed by atoms with Gasteiger partial charge in [0.25, 0.3) is 5.91 Å². The summed E-state index contributed by atoms with van der Waals surface area (Å²) >= 11 is 0. The number of aromatic nitrogens is 2. The van der Waals surface area contributed by atoms with E-state index in [4.69, 9.17) is 4.74 Å². The third-order valence-electron chi connectivity index (χ3n) is 3.82. The lowest BCUT2D eigenvalue weighted by Gasteiger charge is -2.36. The van der Waals surface area contributed by atoms with Crippen molar-refractivity contribution in [3.05, 3.63) is 23.8 Å². The summed E-state index contributed by atoms with van der Waals surface area (Å²) in [6.07, 6.45) is 6.36. The maximum Gasteiger partial charge on any atom is 0.254 e. The molecule has 1 aliphatic rings. The fourth-order valence-electron chi connectivity index (χ4n) is 2.74. The van der Waals surface area contributed by atoms with E-state index in [-0.39, 0.29) is 23.5 Å². The van der Waals surface area contributed by atoms with Gasteiger partial charge in [0.1, 0.15) is 6.33 Å². The Hall–Kier alpha value is -1.49. The van der Waals surface area contributed by atoms with Gasteiger partial charge in [0.2, 0.25) is 0 Å². The van der Waals surface area contributed by atoms with Crippen molar-refractivity contribution in [2.75, 3.05) is 6.54 Å². The lowest BCUT2D eigenvalue weighted by Crippen LogP contribution is -2.42. The summed E-state index contributed by atoms with van der Waals surface area (Å²) in [5.74, 6) is 0.0740. The van der Waals surface area contributed by atoms with Crippen molar-refractivity contribution in [3.63, 3.8) is 0 Å². The molecule has 1 saturated heterocycles. The molecule has 0 saturated carbocycles. The van der Waals surface area contributed by atoms with Gasteiger partial charge in [0.05, 0.1) is 23.0 Å². The number of hydrogen-bond donors (Lipinski definition) is 1. The number of nitrogens with zero attached hydrogens (tertiary/aromatic N) is 2. The summed E-state index contributed by atoms with van der Waals surface area (Å²) in [5, 5.41) is 2.96. The molecule has 1 atom stereocenters. The van der Waals surface area contributed by atoms with Crippen LogP contribution < -0.4 is 5.32 Å². The second kappa shape index (κ2) is 6.52. The molecule has 0 spiro atoms. The van der Waals surface area contributed by atoms with Gasteiger partial charge in [-0.25, -0.2) is 9.97 Å². The Morgan fingerprint density at radius 3 is 2.95 bits per heavy atom. The Labute approximate surface area is 126 Å². The van der Waals surface area contributed by atoms with Crippen LogP contribution in [0.5, 0.6) is 0 Å². The number of rotatable bonds is 4. The van der Waals surface area contributed by atoms with Crippen LogP contribution in [0.2, 0.25) is 0 Å². The molecule has 0 radical (unpaired) electrons. The van der Waals surface area contributed by atoms with Crippen molar-refractivity contribution in [2.24, 2.45) is 0 Å². The fraction of sp³-hybridized carbons (Fsp3) is 0.688. The standard InChI is InChI=1S/C16H25N3O2/c1-11(2)14-13(9-17-10-19-14)15(20)18-8-12-6-5-7-16(3,4)21-12/h9-12H,5-8H2,1-4H3,(H,18,20). The van der Waals surface area contributed by atoms with E-state index in [1.54, 1.807) is 6.20 Å². The number of carbonyl (C=O) groups excluding carboxylic acids is 1. The number of ether oxygens (including phenoxy) is 1. The summed E-state index contributed by atoms with van der Waals surface area (Å²) in [6, 6.07) is 0. The van der Waals surface area contributed by atoms with E-state index in [1.807, 2.05) is 13.8 Å². The van der Waals surface area contributed by atoms with Gasteiger partial charge >= 0.3 is 0 Å². The summed E-state index contributed by atoms with van der Waals surface area (Å²) in [6.45, 7) is 8.78. The van der Waals surface area contributed by atoms with Gasteiger partial charge in [-0.2, -0.15) is 0 Å². The highest BCUT2D eigenvalue weighted by Crippen LogP contribution is 2.27. The van der Waals surface area contributed by atoms with Crippen molar-refractivity contribution >= 4 is 5.91 Å². The largest absolute Gasteiger partial charge is 0.371 e. The van der Waals surface area contributed by atoms with Crippen molar-refractivity contribution in [3.8, 4) is 0 Å². The zero-order valence-electron chi connectivity index (χ0n) is 13.3. The Bertz CT molecular complexity index is 500. The molecular formula is C16H25N3O2. The van der Waals surface area contributed by atoms with Gasteiger partial charge in [-0.15, -0.1) is 0 Å². The highest BCUT2D eigenvalue weighted by atomic mass is 16.5. The van der Waals surface area contributed by atoms with E-state index in [0.717, 1.165) is 25.0 Å². The topological polar surface area (TPSA) is 64.1 Å². The zero-order valence-corrected chi connectivity index (χ0v) is 13.3. The second-order valence-electron chi connectivity index (χ2n) is 6.58. The predicted octanol–water partition coefficient (Wildman–Crippen LogP) is 2.68. The molecule has 1 fully saturated rings. The number of hydrogen-bond acceptors (Lipinski definition) is 4. The highest BCUT2D eigenvalue weighted by Gasteiger charge is 2.28. The maximum atomic E-state index is 12.3. The first kappa shape index (κ1) is 15.9. The van der Waals surface area contributed by atoms with Crippen LogP contribution in [0, 0.1) is 0 Å². The molecule has 1 unspecified atom stereocenters. The first-order valence-electron chi connectivity index (χ1n) is 7.65. The van der Waals surface area contributed by atoms with Crippen LogP contribution in [-0.4, -0.2) is 34.1 Å². The van der Waals surface area contributed by atoms with Gasteiger partial charge in [-0.3, -0.25) is 4.79 Å². The van der Waals surface area contributed by atoms with Crippen LogP contribution in [0.1, 0.15) is 68.9 Å². The minimum absolute atomic E-state index is 0.0878. The molecular weight excluding hydrogens is 266 g/mol. The molecule has 2 rings (SSSR count). The molecule has 5 heteroatoms. The minimum atomic E-state index is -0.119. The molecule has 0 aliphatic carbocycles. The van der Waals surface area contributed by atoms with Crippen molar-refractivity contribution in [2.45, 2.75) is 64.6 Å². The molecule has 1 N–H and O–H groups in total.